The van der Waals surface area contributed by atoms with E-state index in [1.54, 1.807) is 26.2 Å². The van der Waals surface area contributed by atoms with E-state index in [4.69, 9.17) is 0 Å². The van der Waals surface area contributed by atoms with Crippen LogP contribution in [0.2, 0.25) is 0 Å². The molecule has 1 unspecified atom stereocenters. The number of amides is 1. The number of rotatable bonds is 3. The Kier molecular flexibility index (Phi) is 3.93. The van der Waals surface area contributed by atoms with Gasteiger partial charge in [0.2, 0.25) is 5.91 Å². The second-order valence-electron chi connectivity index (χ2n) is 4.23. The van der Waals surface area contributed by atoms with Gasteiger partial charge in [-0.05, 0) is 26.0 Å². The summed E-state index contributed by atoms with van der Waals surface area (Å²) < 4.78 is 24.3. The van der Waals surface area contributed by atoms with E-state index in [0.717, 1.165) is 5.56 Å². The quantitative estimate of drug-likeness (QED) is 0.816. The molecular weight excluding hydrogens is 238 g/mol. The van der Waals surface area contributed by atoms with Gasteiger partial charge in [-0.1, -0.05) is 17.7 Å². The van der Waals surface area contributed by atoms with Crippen molar-refractivity contribution in [3.63, 3.8) is 0 Å². The lowest BCUT2D eigenvalue weighted by molar-refractivity contribution is -0.127. The van der Waals surface area contributed by atoms with Crippen molar-refractivity contribution in [2.24, 2.45) is 0 Å². The Balaban J connectivity index is 3.11. The summed E-state index contributed by atoms with van der Waals surface area (Å²) in [6.07, 6.45) is 0. The molecule has 1 aromatic carbocycles. The van der Waals surface area contributed by atoms with E-state index in [-0.39, 0.29) is 4.90 Å². The molecule has 0 heterocycles. The highest BCUT2D eigenvalue weighted by molar-refractivity contribution is 7.92. The third-order valence-electron chi connectivity index (χ3n) is 2.60. The lowest BCUT2D eigenvalue weighted by Gasteiger charge is -2.17. The number of nitrogens with zero attached hydrogens (tertiary/aromatic N) is 1. The van der Waals surface area contributed by atoms with Gasteiger partial charge in [-0.15, -0.1) is 0 Å². The molecule has 0 aliphatic heterocycles. The van der Waals surface area contributed by atoms with Gasteiger partial charge in [0.15, 0.2) is 9.84 Å². The number of benzene rings is 1. The molecule has 0 fully saturated rings. The third-order valence-corrected chi connectivity index (χ3v) is 4.67. The SMILES string of the molecule is Cc1ccc(S(=O)(=O)C(C)C(=O)N(C)C)cc1. The van der Waals surface area contributed by atoms with E-state index in [1.807, 2.05) is 6.92 Å². The van der Waals surface area contributed by atoms with Gasteiger partial charge < -0.3 is 4.90 Å². The minimum absolute atomic E-state index is 0.186. The van der Waals surface area contributed by atoms with Gasteiger partial charge in [-0.2, -0.15) is 0 Å². The van der Waals surface area contributed by atoms with Gasteiger partial charge >= 0.3 is 0 Å². The number of hydrogen-bond donors (Lipinski definition) is 0. The fourth-order valence-corrected chi connectivity index (χ4v) is 2.83. The van der Waals surface area contributed by atoms with Crippen molar-refractivity contribution in [1.29, 1.82) is 0 Å². The number of carbonyl (C=O) groups excluding carboxylic acids is 1. The van der Waals surface area contributed by atoms with Crippen LogP contribution in [-0.4, -0.2) is 38.6 Å². The molecule has 0 radical (unpaired) electrons. The van der Waals surface area contributed by atoms with E-state index < -0.39 is 21.0 Å². The van der Waals surface area contributed by atoms with Crippen molar-refractivity contribution in [2.75, 3.05) is 14.1 Å². The maximum absolute atomic E-state index is 12.1. The van der Waals surface area contributed by atoms with Crippen LogP contribution in [-0.2, 0) is 14.6 Å². The number of sulfone groups is 1. The summed E-state index contributed by atoms with van der Waals surface area (Å²) >= 11 is 0. The average molecular weight is 255 g/mol. The van der Waals surface area contributed by atoms with Crippen LogP contribution in [0.15, 0.2) is 29.2 Å². The van der Waals surface area contributed by atoms with Crippen molar-refractivity contribution in [1.82, 2.24) is 4.90 Å². The highest BCUT2D eigenvalue weighted by Gasteiger charge is 2.30. The summed E-state index contributed by atoms with van der Waals surface area (Å²) in [5.74, 6) is -0.412. The predicted octanol–water partition coefficient (Wildman–Crippen LogP) is 1.25. The monoisotopic (exact) mass is 255 g/mol. The third kappa shape index (κ3) is 2.85. The average Bonchev–Trinajstić information content (AvgIpc) is 2.27. The minimum Gasteiger partial charge on any atom is -0.348 e. The van der Waals surface area contributed by atoms with E-state index in [2.05, 4.69) is 0 Å². The van der Waals surface area contributed by atoms with E-state index >= 15 is 0 Å². The molecule has 0 bridgehead atoms. The Morgan fingerprint density at radius 2 is 1.65 bits per heavy atom. The van der Waals surface area contributed by atoms with Crippen LogP contribution < -0.4 is 0 Å². The number of aryl methyl sites for hydroxylation is 1. The molecule has 4 nitrogen and oxygen atoms in total. The molecule has 5 heteroatoms. The standard InChI is InChI=1S/C12H17NO3S/c1-9-5-7-11(8-6-9)17(15,16)10(2)12(14)13(3)4/h5-8,10H,1-4H3. The largest absolute Gasteiger partial charge is 0.348 e. The molecule has 0 saturated carbocycles. The lowest BCUT2D eigenvalue weighted by Crippen LogP contribution is -2.37. The van der Waals surface area contributed by atoms with Gasteiger partial charge in [-0.25, -0.2) is 8.42 Å². The Morgan fingerprint density at radius 1 is 1.18 bits per heavy atom. The first-order valence-corrected chi connectivity index (χ1v) is 6.83. The predicted molar refractivity (Wildman–Crippen MR) is 66.5 cm³/mol. The van der Waals surface area contributed by atoms with E-state index in [1.165, 1.54) is 24.0 Å². The Morgan fingerprint density at radius 3 is 2.06 bits per heavy atom. The van der Waals surface area contributed by atoms with Crippen LogP contribution in [0.25, 0.3) is 0 Å². The zero-order valence-corrected chi connectivity index (χ0v) is 11.3. The van der Waals surface area contributed by atoms with Crippen LogP contribution >= 0.6 is 0 Å². The zero-order chi connectivity index (χ0) is 13.2. The first kappa shape index (κ1) is 13.7. The van der Waals surface area contributed by atoms with Gasteiger partial charge in [0.05, 0.1) is 4.90 Å². The minimum atomic E-state index is -3.59. The van der Waals surface area contributed by atoms with Crippen LogP contribution in [0.5, 0.6) is 0 Å². The summed E-state index contributed by atoms with van der Waals surface area (Å²) in [5.41, 5.74) is 0.982. The van der Waals surface area contributed by atoms with Crippen LogP contribution in [0.1, 0.15) is 12.5 Å². The molecular formula is C12H17NO3S. The second-order valence-corrected chi connectivity index (χ2v) is 6.50. The fourth-order valence-electron chi connectivity index (χ4n) is 1.43. The molecule has 0 saturated heterocycles. The Labute approximate surface area is 102 Å². The highest BCUT2D eigenvalue weighted by atomic mass is 32.2. The molecule has 0 aliphatic carbocycles. The molecule has 1 aromatic rings. The molecule has 1 amide bonds. The van der Waals surface area contributed by atoms with Crippen LogP contribution in [0, 0.1) is 6.92 Å². The highest BCUT2D eigenvalue weighted by Crippen LogP contribution is 2.17. The first-order chi connectivity index (χ1) is 7.76. The molecule has 0 aliphatic rings. The maximum atomic E-state index is 12.1. The Bertz CT molecular complexity index is 503. The molecule has 0 aromatic heterocycles. The van der Waals surface area contributed by atoms with Crippen LogP contribution in [0.4, 0.5) is 0 Å². The topological polar surface area (TPSA) is 54.5 Å². The number of carbonyl (C=O) groups is 1. The van der Waals surface area contributed by atoms with Crippen LogP contribution in [0.3, 0.4) is 0 Å². The fraction of sp³-hybridized carbons (Fsp3) is 0.417. The summed E-state index contributed by atoms with van der Waals surface area (Å²) in [4.78, 5) is 13.2. The molecule has 0 N–H and O–H groups in total. The van der Waals surface area contributed by atoms with Gasteiger partial charge in [0.1, 0.15) is 5.25 Å². The molecule has 1 atom stereocenters. The molecule has 0 spiro atoms. The maximum Gasteiger partial charge on any atom is 0.240 e. The summed E-state index contributed by atoms with van der Waals surface area (Å²) in [5, 5.41) is -1.06. The van der Waals surface area contributed by atoms with Gasteiger partial charge in [0.25, 0.3) is 0 Å². The molecule has 1 rings (SSSR count). The zero-order valence-electron chi connectivity index (χ0n) is 10.5. The summed E-state index contributed by atoms with van der Waals surface area (Å²) in [6, 6.07) is 6.51. The van der Waals surface area contributed by atoms with E-state index in [0.29, 0.717) is 0 Å². The van der Waals surface area contributed by atoms with Crippen molar-refractivity contribution in [3.05, 3.63) is 29.8 Å². The Hall–Kier alpha value is -1.36. The first-order valence-electron chi connectivity index (χ1n) is 5.28. The van der Waals surface area contributed by atoms with Crippen molar-refractivity contribution in [3.8, 4) is 0 Å². The van der Waals surface area contributed by atoms with Gasteiger partial charge in [0, 0.05) is 14.1 Å². The van der Waals surface area contributed by atoms with Gasteiger partial charge in [-0.3, -0.25) is 4.79 Å². The molecule has 94 valence electrons. The van der Waals surface area contributed by atoms with E-state index in [9.17, 15) is 13.2 Å². The smallest absolute Gasteiger partial charge is 0.240 e. The van der Waals surface area contributed by atoms with Crippen molar-refractivity contribution >= 4 is 15.7 Å². The van der Waals surface area contributed by atoms with Crippen molar-refractivity contribution in [2.45, 2.75) is 24.0 Å². The lowest BCUT2D eigenvalue weighted by atomic mass is 10.2. The summed E-state index contributed by atoms with van der Waals surface area (Å²) in [7, 11) is -0.501. The van der Waals surface area contributed by atoms with Crippen molar-refractivity contribution < 1.29 is 13.2 Å². The number of hydrogen-bond acceptors (Lipinski definition) is 3. The second kappa shape index (κ2) is 4.87. The molecule has 17 heavy (non-hydrogen) atoms. The normalized spacial score (nSPS) is 13.2. The summed E-state index contributed by atoms with van der Waals surface area (Å²) in [6.45, 7) is 3.29.